The van der Waals surface area contributed by atoms with Crippen LogP contribution in [0.15, 0.2) is 48.5 Å². The predicted octanol–water partition coefficient (Wildman–Crippen LogP) is 5.52. The minimum Gasteiger partial charge on any atom is -0.0613 e. The van der Waals surface area contributed by atoms with Gasteiger partial charge in [-0.2, -0.15) is 0 Å². The minimum absolute atomic E-state index is 0.465. The van der Waals surface area contributed by atoms with Gasteiger partial charge in [0, 0.05) is 5.92 Å². The Hall–Kier alpha value is -1.56. The van der Waals surface area contributed by atoms with Crippen LogP contribution in [0.3, 0.4) is 0 Å². The number of aryl methyl sites for hydroxylation is 1. The number of hydrogen-bond acceptors (Lipinski definition) is 0. The fraction of sp³-hybridized carbons (Fsp3) is 0.368. The first-order valence-electron chi connectivity index (χ1n) is 7.30. The lowest BCUT2D eigenvalue weighted by molar-refractivity contribution is 0.859. The maximum absolute atomic E-state index is 2.28. The smallest absolute Gasteiger partial charge is 0.00610 e. The Morgan fingerprint density at radius 2 is 1.11 bits per heavy atom. The van der Waals surface area contributed by atoms with Crippen LogP contribution in [0.25, 0.3) is 0 Å². The van der Waals surface area contributed by atoms with Crippen LogP contribution >= 0.6 is 0 Å². The van der Waals surface area contributed by atoms with Gasteiger partial charge in [-0.15, -0.1) is 0 Å². The standard InChI is InChI=1S/C19H24/c1-5-16-6-8-18(9-7-16)15(4)19-12-10-17(11-13-19)14(2)3/h6-15H,5H2,1-4H3. The molecule has 0 amide bonds. The third-order valence-electron chi connectivity index (χ3n) is 3.99. The van der Waals surface area contributed by atoms with E-state index in [0.717, 1.165) is 6.42 Å². The highest BCUT2D eigenvalue weighted by Gasteiger charge is 2.08. The quantitative estimate of drug-likeness (QED) is 0.671. The maximum Gasteiger partial charge on any atom is 0.00610 e. The molecule has 0 aromatic heterocycles. The number of hydrogen-bond donors (Lipinski definition) is 0. The van der Waals surface area contributed by atoms with Gasteiger partial charge in [0.05, 0.1) is 0 Å². The molecule has 19 heavy (non-hydrogen) atoms. The van der Waals surface area contributed by atoms with Crippen molar-refractivity contribution in [1.29, 1.82) is 0 Å². The summed E-state index contributed by atoms with van der Waals surface area (Å²) >= 11 is 0. The van der Waals surface area contributed by atoms with Crippen LogP contribution in [0.2, 0.25) is 0 Å². The summed E-state index contributed by atoms with van der Waals surface area (Å²) < 4.78 is 0. The molecule has 100 valence electrons. The lowest BCUT2D eigenvalue weighted by Gasteiger charge is -2.14. The Balaban J connectivity index is 2.20. The molecule has 0 bridgehead atoms. The SMILES string of the molecule is CCc1ccc(C(C)c2ccc(C(C)C)cc2)cc1. The topological polar surface area (TPSA) is 0 Å². The monoisotopic (exact) mass is 252 g/mol. The van der Waals surface area contributed by atoms with Crippen molar-refractivity contribution in [3.8, 4) is 0 Å². The Morgan fingerprint density at radius 1 is 0.684 bits per heavy atom. The van der Waals surface area contributed by atoms with Crippen LogP contribution in [0.5, 0.6) is 0 Å². The molecule has 0 N–H and O–H groups in total. The first kappa shape index (κ1) is 13.9. The lowest BCUT2D eigenvalue weighted by atomic mass is 9.90. The Morgan fingerprint density at radius 3 is 1.53 bits per heavy atom. The van der Waals surface area contributed by atoms with Gasteiger partial charge in [-0.3, -0.25) is 0 Å². The van der Waals surface area contributed by atoms with Crippen LogP contribution in [-0.4, -0.2) is 0 Å². The summed E-state index contributed by atoms with van der Waals surface area (Å²) in [5, 5.41) is 0. The molecule has 1 atom stereocenters. The normalized spacial score (nSPS) is 12.7. The Kier molecular flexibility index (Phi) is 4.42. The Labute approximate surface area is 117 Å². The lowest BCUT2D eigenvalue weighted by Crippen LogP contribution is -1.97. The van der Waals surface area contributed by atoms with E-state index in [1.165, 1.54) is 22.3 Å². The second kappa shape index (κ2) is 6.06. The molecule has 0 saturated heterocycles. The molecule has 1 unspecified atom stereocenters. The summed E-state index contributed by atoms with van der Waals surface area (Å²) in [6.07, 6.45) is 1.11. The average Bonchev–Trinajstić information content (AvgIpc) is 2.46. The van der Waals surface area contributed by atoms with Crippen molar-refractivity contribution in [3.05, 3.63) is 70.8 Å². The summed E-state index contributed by atoms with van der Waals surface area (Å²) in [6.45, 7) is 8.96. The van der Waals surface area contributed by atoms with E-state index >= 15 is 0 Å². The van der Waals surface area contributed by atoms with Gasteiger partial charge >= 0.3 is 0 Å². The summed E-state index contributed by atoms with van der Waals surface area (Å²) in [5.41, 5.74) is 5.62. The van der Waals surface area contributed by atoms with E-state index in [-0.39, 0.29) is 0 Å². The van der Waals surface area contributed by atoms with Crippen molar-refractivity contribution in [2.75, 3.05) is 0 Å². The molecule has 0 radical (unpaired) electrons. The predicted molar refractivity (Wildman–Crippen MR) is 83.9 cm³/mol. The molecule has 2 aromatic rings. The van der Waals surface area contributed by atoms with Crippen molar-refractivity contribution in [1.82, 2.24) is 0 Å². The molecule has 0 saturated carbocycles. The Bertz CT molecular complexity index is 503. The van der Waals surface area contributed by atoms with Gasteiger partial charge < -0.3 is 0 Å². The number of benzene rings is 2. The van der Waals surface area contributed by atoms with Gasteiger partial charge in [-0.05, 0) is 34.6 Å². The van der Waals surface area contributed by atoms with E-state index in [1.54, 1.807) is 0 Å². The summed E-state index contributed by atoms with van der Waals surface area (Å²) in [7, 11) is 0. The largest absolute Gasteiger partial charge is 0.0613 e. The third kappa shape index (κ3) is 3.26. The van der Waals surface area contributed by atoms with E-state index in [2.05, 4.69) is 76.2 Å². The fourth-order valence-corrected chi connectivity index (χ4v) is 2.40. The molecule has 0 nitrogen and oxygen atoms in total. The van der Waals surface area contributed by atoms with E-state index in [0.29, 0.717) is 11.8 Å². The van der Waals surface area contributed by atoms with Crippen LogP contribution in [0.4, 0.5) is 0 Å². The van der Waals surface area contributed by atoms with E-state index in [1.807, 2.05) is 0 Å². The molecule has 0 aliphatic rings. The zero-order valence-electron chi connectivity index (χ0n) is 12.5. The molecular formula is C19H24. The maximum atomic E-state index is 2.28. The van der Waals surface area contributed by atoms with Crippen LogP contribution in [-0.2, 0) is 6.42 Å². The molecule has 2 aromatic carbocycles. The van der Waals surface area contributed by atoms with Crippen LogP contribution < -0.4 is 0 Å². The van der Waals surface area contributed by atoms with Crippen molar-refractivity contribution >= 4 is 0 Å². The van der Waals surface area contributed by atoms with Gasteiger partial charge in [0.25, 0.3) is 0 Å². The van der Waals surface area contributed by atoms with E-state index in [4.69, 9.17) is 0 Å². The second-order valence-corrected chi connectivity index (χ2v) is 5.64. The first-order valence-corrected chi connectivity index (χ1v) is 7.30. The molecule has 0 heteroatoms. The summed E-state index contributed by atoms with van der Waals surface area (Å²) in [6, 6.07) is 18.1. The summed E-state index contributed by atoms with van der Waals surface area (Å²) in [4.78, 5) is 0. The second-order valence-electron chi connectivity index (χ2n) is 5.64. The molecule has 0 heterocycles. The van der Waals surface area contributed by atoms with Gasteiger partial charge in [-0.25, -0.2) is 0 Å². The average molecular weight is 252 g/mol. The van der Waals surface area contributed by atoms with E-state index < -0.39 is 0 Å². The highest BCUT2D eigenvalue weighted by atomic mass is 14.1. The number of rotatable bonds is 4. The molecule has 0 aliphatic heterocycles. The van der Waals surface area contributed by atoms with Crippen molar-refractivity contribution in [2.45, 2.75) is 46.0 Å². The fourth-order valence-electron chi connectivity index (χ4n) is 2.40. The van der Waals surface area contributed by atoms with Crippen LogP contribution in [0.1, 0.15) is 61.8 Å². The van der Waals surface area contributed by atoms with Crippen molar-refractivity contribution < 1.29 is 0 Å². The zero-order valence-corrected chi connectivity index (χ0v) is 12.5. The van der Waals surface area contributed by atoms with Crippen molar-refractivity contribution in [2.24, 2.45) is 0 Å². The molecular weight excluding hydrogens is 228 g/mol. The van der Waals surface area contributed by atoms with Gasteiger partial charge in [0.2, 0.25) is 0 Å². The molecule has 0 aliphatic carbocycles. The van der Waals surface area contributed by atoms with E-state index in [9.17, 15) is 0 Å². The highest BCUT2D eigenvalue weighted by Crippen LogP contribution is 2.26. The molecule has 0 fully saturated rings. The van der Waals surface area contributed by atoms with Gasteiger partial charge in [0.15, 0.2) is 0 Å². The first-order chi connectivity index (χ1) is 9.11. The van der Waals surface area contributed by atoms with Crippen LogP contribution in [0, 0.1) is 0 Å². The van der Waals surface area contributed by atoms with Gasteiger partial charge in [0.1, 0.15) is 0 Å². The zero-order chi connectivity index (χ0) is 13.8. The molecule has 0 spiro atoms. The summed E-state index contributed by atoms with van der Waals surface area (Å²) in [5.74, 6) is 1.07. The molecule has 2 rings (SSSR count). The van der Waals surface area contributed by atoms with Crippen molar-refractivity contribution in [3.63, 3.8) is 0 Å². The van der Waals surface area contributed by atoms with Gasteiger partial charge in [-0.1, -0.05) is 76.2 Å². The minimum atomic E-state index is 0.465. The highest BCUT2D eigenvalue weighted by molar-refractivity contribution is 5.35. The third-order valence-corrected chi connectivity index (χ3v) is 3.99.